The second-order valence-electron chi connectivity index (χ2n) is 5.00. The molecule has 23 heavy (non-hydrogen) atoms. The number of aromatic amines is 2. The number of carbonyl (C=O) groups excluding carboxylic acids is 2. The zero-order valence-corrected chi connectivity index (χ0v) is 12.4. The molecule has 4 N–H and O–H groups in total. The molecule has 3 rings (SSSR count). The lowest BCUT2D eigenvalue weighted by Gasteiger charge is -2.23. The number of amides is 2. The molecule has 0 saturated heterocycles. The Morgan fingerprint density at radius 1 is 1.13 bits per heavy atom. The predicted octanol–water partition coefficient (Wildman–Crippen LogP) is 0.781. The number of H-pyrrole nitrogens is 2. The van der Waals surface area contributed by atoms with Gasteiger partial charge in [0.1, 0.15) is 5.82 Å². The van der Waals surface area contributed by atoms with Crippen molar-refractivity contribution in [1.29, 1.82) is 0 Å². The van der Waals surface area contributed by atoms with Crippen LogP contribution >= 0.6 is 11.6 Å². The molecule has 1 aliphatic heterocycles. The van der Waals surface area contributed by atoms with Crippen LogP contribution in [-0.4, -0.2) is 21.8 Å². The maximum absolute atomic E-state index is 12.4. The molecular weight excluding hydrogens is 324 g/mol. The summed E-state index contributed by atoms with van der Waals surface area (Å²) in [6, 6.07) is 6.40. The number of benzene rings is 1. The summed E-state index contributed by atoms with van der Waals surface area (Å²) in [4.78, 5) is 51.8. The van der Waals surface area contributed by atoms with Crippen LogP contribution in [-0.2, 0) is 9.59 Å². The van der Waals surface area contributed by atoms with Crippen LogP contribution in [0, 0.1) is 0 Å². The average molecular weight is 335 g/mol. The third-order valence-corrected chi connectivity index (χ3v) is 3.66. The Morgan fingerprint density at radius 2 is 1.83 bits per heavy atom. The quantitative estimate of drug-likeness (QED) is 0.647. The van der Waals surface area contributed by atoms with Gasteiger partial charge in [0, 0.05) is 17.1 Å². The number of nitrogens with one attached hydrogen (secondary N) is 4. The van der Waals surface area contributed by atoms with Gasteiger partial charge in [-0.1, -0.05) is 11.6 Å². The fourth-order valence-corrected chi connectivity index (χ4v) is 2.52. The van der Waals surface area contributed by atoms with E-state index < -0.39 is 29.0 Å². The Labute approximate surface area is 133 Å². The first-order chi connectivity index (χ1) is 10.9. The van der Waals surface area contributed by atoms with E-state index in [1.54, 1.807) is 24.3 Å². The predicted molar refractivity (Wildman–Crippen MR) is 83.8 cm³/mol. The summed E-state index contributed by atoms with van der Waals surface area (Å²) in [6.07, 6.45) is -0.193. The molecule has 1 aliphatic rings. The highest BCUT2D eigenvalue weighted by Crippen LogP contribution is 2.28. The summed E-state index contributed by atoms with van der Waals surface area (Å²) in [5.41, 5.74) is -0.962. The summed E-state index contributed by atoms with van der Waals surface area (Å²) in [5.74, 6) is -2.04. The molecule has 1 atom stereocenters. The van der Waals surface area contributed by atoms with E-state index >= 15 is 0 Å². The Balaban J connectivity index is 1.95. The van der Waals surface area contributed by atoms with Crippen molar-refractivity contribution in [2.75, 3.05) is 10.6 Å². The van der Waals surface area contributed by atoms with Crippen LogP contribution in [0.5, 0.6) is 0 Å². The van der Waals surface area contributed by atoms with E-state index in [1.165, 1.54) is 0 Å². The molecular formula is C14H11ClN4O4. The Hall–Kier alpha value is -2.87. The number of aromatic nitrogens is 2. The largest absolute Gasteiger partial charge is 0.327 e. The van der Waals surface area contributed by atoms with Gasteiger partial charge in [0.25, 0.3) is 5.56 Å². The lowest BCUT2D eigenvalue weighted by molar-refractivity contribution is -0.123. The van der Waals surface area contributed by atoms with Gasteiger partial charge in [-0.05, 0) is 24.3 Å². The van der Waals surface area contributed by atoms with Gasteiger partial charge in [-0.15, -0.1) is 0 Å². The zero-order valence-electron chi connectivity index (χ0n) is 11.6. The summed E-state index contributed by atoms with van der Waals surface area (Å²) in [6.45, 7) is 0. The van der Waals surface area contributed by atoms with Crippen molar-refractivity contribution in [3.05, 3.63) is 55.7 Å². The van der Waals surface area contributed by atoms with Crippen LogP contribution in [0.15, 0.2) is 33.9 Å². The average Bonchev–Trinajstić information content (AvgIpc) is 2.48. The van der Waals surface area contributed by atoms with Gasteiger partial charge in [-0.2, -0.15) is 0 Å². The molecule has 0 fully saturated rings. The van der Waals surface area contributed by atoms with Gasteiger partial charge in [0.15, 0.2) is 0 Å². The summed E-state index contributed by atoms with van der Waals surface area (Å²) >= 11 is 5.77. The maximum atomic E-state index is 12.4. The highest BCUT2D eigenvalue weighted by Gasteiger charge is 2.34. The number of hydrogen-bond acceptors (Lipinski definition) is 4. The molecule has 0 radical (unpaired) electrons. The van der Waals surface area contributed by atoms with E-state index in [4.69, 9.17) is 11.6 Å². The van der Waals surface area contributed by atoms with E-state index in [1.807, 2.05) is 0 Å². The molecule has 9 heteroatoms. The molecule has 2 amide bonds. The molecule has 1 unspecified atom stereocenters. The number of rotatable bonds is 2. The molecule has 0 saturated carbocycles. The summed E-state index contributed by atoms with van der Waals surface area (Å²) in [7, 11) is 0. The number of anilines is 2. The van der Waals surface area contributed by atoms with E-state index in [2.05, 4.69) is 20.6 Å². The van der Waals surface area contributed by atoms with Crippen LogP contribution < -0.4 is 21.9 Å². The van der Waals surface area contributed by atoms with Crippen molar-refractivity contribution in [3.8, 4) is 0 Å². The minimum Gasteiger partial charge on any atom is -0.326 e. The standard InChI is InChI=1S/C14H11ClN4O4/c15-6-1-3-7(4-2-6)16-12(21)8-5-9(20)17-11-10(8)13(22)19-14(23)18-11/h1-4,8H,5H2,(H,16,21)(H3,17,18,19,20,22,23). The first-order valence-electron chi connectivity index (χ1n) is 6.67. The monoisotopic (exact) mass is 334 g/mol. The molecule has 0 aliphatic carbocycles. The molecule has 8 nitrogen and oxygen atoms in total. The third kappa shape index (κ3) is 3.02. The van der Waals surface area contributed by atoms with Gasteiger partial charge < -0.3 is 10.6 Å². The first kappa shape index (κ1) is 15.0. The molecule has 0 bridgehead atoms. The number of halogens is 1. The maximum Gasteiger partial charge on any atom is 0.327 e. The minimum atomic E-state index is -1.00. The second-order valence-corrected chi connectivity index (χ2v) is 5.43. The van der Waals surface area contributed by atoms with Gasteiger partial charge in [-0.3, -0.25) is 24.4 Å². The van der Waals surface area contributed by atoms with Crippen molar-refractivity contribution < 1.29 is 9.59 Å². The molecule has 2 heterocycles. The van der Waals surface area contributed by atoms with Gasteiger partial charge in [0.05, 0.1) is 11.5 Å². The summed E-state index contributed by atoms with van der Waals surface area (Å²) in [5, 5.41) is 5.52. The Kier molecular flexibility index (Phi) is 3.75. The van der Waals surface area contributed by atoms with Crippen molar-refractivity contribution in [3.63, 3.8) is 0 Å². The number of fused-ring (bicyclic) bond motifs is 1. The highest BCUT2D eigenvalue weighted by molar-refractivity contribution is 6.30. The van der Waals surface area contributed by atoms with Crippen molar-refractivity contribution in [2.45, 2.75) is 12.3 Å². The smallest absolute Gasteiger partial charge is 0.326 e. The SMILES string of the molecule is O=C1CC(C(=O)Nc2ccc(Cl)cc2)c2c([nH]c(=O)[nH]c2=O)N1. The molecule has 118 valence electrons. The Morgan fingerprint density at radius 3 is 2.52 bits per heavy atom. The van der Waals surface area contributed by atoms with Gasteiger partial charge in [-0.25, -0.2) is 4.79 Å². The zero-order chi connectivity index (χ0) is 16.6. The van der Waals surface area contributed by atoms with Crippen LogP contribution in [0.3, 0.4) is 0 Å². The van der Waals surface area contributed by atoms with Crippen molar-refractivity contribution in [2.24, 2.45) is 0 Å². The number of hydrogen-bond donors (Lipinski definition) is 4. The van der Waals surface area contributed by atoms with E-state index in [0.717, 1.165) is 0 Å². The molecule has 2 aromatic rings. The lowest BCUT2D eigenvalue weighted by atomic mass is 9.92. The summed E-state index contributed by atoms with van der Waals surface area (Å²) < 4.78 is 0. The normalized spacial score (nSPS) is 16.4. The molecule has 1 aromatic carbocycles. The minimum absolute atomic E-state index is 0.0238. The van der Waals surface area contributed by atoms with Gasteiger partial charge in [0.2, 0.25) is 11.8 Å². The van der Waals surface area contributed by atoms with E-state index in [9.17, 15) is 19.2 Å². The molecule has 1 aromatic heterocycles. The fraction of sp³-hybridized carbons (Fsp3) is 0.143. The Bertz CT molecular complexity index is 900. The lowest BCUT2D eigenvalue weighted by Crippen LogP contribution is -2.39. The van der Waals surface area contributed by atoms with Crippen LogP contribution in [0.4, 0.5) is 11.5 Å². The fourth-order valence-electron chi connectivity index (χ4n) is 2.39. The van der Waals surface area contributed by atoms with Crippen molar-refractivity contribution >= 4 is 34.9 Å². The van der Waals surface area contributed by atoms with Crippen LogP contribution in [0.1, 0.15) is 17.9 Å². The topological polar surface area (TPSA) is 124 Å². The number of carbonyl (C=O) groups is 2. The van der Waals surface area contributed by atoms with Crippen LogP contribution in [0.2, 0.25) is 5.02 Å². The van der Waals surface area contributed by atoms with E-state index in [0.29, 0.717) is 10.7 Å². The first-order valence-corrected chi connectivity index (χ1v) is 7.04. The van der Waals surface area contributed by atoms with Crippen molar-refractivity contribution in [1.82, 2.24) is 9.97 Å². The van der Waals surface area contributed by atoms with Crippen LogP contribution in [0.25, 0.3) is 0 Å². The molecule has 0 spiro atoms. The second kappa shape index (κ2) is 5.73. The third-order valence-electron chi connectivity index (χ3n) is 3.41. The van der Waals surface area contributed by atoms with Gasteiger partial charge >= 0.3 is 5.69 Å². The van der Waals surface area contributed by atoms with E-state index in [-0.39, 0.29) is 17.8 Å². The highest BCUT2D eigenvalue weighted by atomic mass is 35.5.